The van der Waals surface area contributed by atoms with E-state index in [0.29, 0.717) is 12.3 Å². The zero-order valence-electron chi connectivity index (χ0n) is 14.9. The van der Waals surface area contributed by atoms with E-state index in [2.05, 4.69) is 6.92 Å². The highest BCUT2D eigenvalue weighted by Crippen LogP contribution is 2.29. The van der Waals surface area contributed by atoms with E-state index in [1.54, 1.807) is 11.0 Å². The molecule has 1 atom stereocenters. The van der Waals surface area contributed by atoms with Crippen LogP contribution in [0.5, 0.6) is 5.75 Å². The van der Waals surface area contributed by atoms with E-state index < -0.39 is 5.92 Å². The Morgan fingerprint density at radius 2 is 1.92 bits per heavy atom. The molecular weight excluding hydrogens is 314 g/mol. The summed E-state index contributed by atoms with van der Waals surface area (Å²) in [6.07, 6.45) is 1.04. The third-order valence-corrected chi connectivity index (χ3v) is 4.82. The highest BCUT2D eigenvalue weighted by Gasteiger charge is 2.37. The van der Waals surface area contributed by atoms with E-state index in [-0.39, 0.29) is 18.3 Å². The summed E-state index contributed by atoms with van der Waals surface area (Å²) in [5, 5.41) is 0. The first-order valence-corrected chi connectivity index (χ1v) is 8.66. The van der Waals surface area contributed by atoms with Crippen LogP contribution in [0.4, 0.5) is 5.69 Å². The first kappa shape index (κ1) is 17.2. The van der Waals surface area contributed by atoms with Crippen LogP contribution in [0.2, 0.25) is 0 Å². The van der Waals surface area contributed by atoms with Crippen molar-refractivity contribution < 1.29 is 14.3 Å². The fraction of sp³-hybridized carbons (Fsp3) is 0.333. The molecular formula is C21H23NO3. The maximum absolute atomic E-state index is 12.5. The Morgan fingerprint density at radius 1 is 1.16 bits per heavy atom. The predicted molar refractivity (Wildman–Crippen MR) is 97.8 cm³/mol. The number of ether oxygens (including phenoxy) is 1. The molecule has 1 heterocycles. The summed E-state index contributed by atoms with van der Waals surface area (Å²) in [4.78, 5) is 26.6. The molecule has 0 unspecified atom stereocenters. The number of para-hydroxylation sites is 1. The summed E-state index contributed by atoms with van der Waals surface area (Å²) in [5.41, 5.74) is 4.24. The zero-order valence-corrected chi connectivity index (χ0v) is 14.9. The number of amides is 1. The summed E-state index contributed by atoms with van der Waals surface area (Å²) in [7, 11) is 0. The van der Waals surface area contributed by atoms with Gasteiger partial charge < -0.3 is 9.64 Å². The minimum absolute atomic E-state index is 0.0251. The number of carbonyl (C=O) groups excluding carboxylic acids is 2. The van der Waals surface area contributed by atoms with Crippen molar-refractivity contribution >= 4 is 17.6 Å². The topological polar surface area (TPSA) is 46.6 Å². The molecule has 3 rings (SSSR count). The smallest absolute Gasteiger partial charge is 0.316 e. The minimum Gasteiger partial charge on any atom is -0.426 e. The Morgan fingerprint density at radius 3 is 2.64 bits per heavy atom. The standard InChI is InChI=1S/C21H23NO3/c1-4-16-7-5-6-8-19(16)22-13-17(12-20(22)23)21(24)25-18-10-9-14(2)15(3)11-18/h5-11,17H,4,12-13H2,1-3H3/t17-/m0/s1. The lowest BCUT2D eigenvalue weighted by molar-refractivity contribution is -0.139. The Balaban J connectivity index is 1.73. The Hall–Kier alpha value is -2.62. The van der Waals surface area contributed by atoms with Crippen LogP contribution in [0.3, 0.4) is 0 Å². The highest BCUT2D eigenvalue weighted by molar-refractivity contribution is 6.00. The van der Waals surface area contributed by atoms with Gasteiger partial charge in [0.2, 0.25) is 5.91 Å². The van der Waals surface area contributed by atoms with Gasteiger partial charge in [-0.1, -0.05) is 31.2 Å². The molecule has 0 spiro atoms. The molecule has 4 heteroatoms. The highest BCUT2D eigenvalue weighted by atomic mass is 16.5. The van der Waals surface area contributed by atoms with Crippen molar-refractivity contribution in [1.82, 2.24) is 0 Å². The van der Waals surface area contributed by atoms with Crippen LogP contribution in [0.15, 0.2) is 42.5 Å². The number of hydrogen-bond acceptors (Lipinski definition) is 3. The first-order valence-electron chi connectivity index (χ1n) is 8.66. The summed E-state index contributed by atoms with van der Waals surface area (Å²) < 4.78 is 5.51. The average molecular weight is 337 g/mol. The van der Waals surface area contributed by atoms with Gasteiger partial charge in [0, 0.05) is 18.7 Å². The number of esters is 1. The first-order chi connectivity index (χ1) is 12.0. The van der Waals surface area contributed by atoms with Gasteiger partial charge in [-0.05, 0) is 55.2 Å². The van der Waals surface area contributed by atoms with Crippen molar-refractivity contribution in [1.29, 1.82) is 0 Å². The van der Waals surface area contributed by atoms with Gasteiger partial charge in [0.1, 0.15) is 5.75 Å². The van der Waals surface area contributed by atoms with Crippen LogP contribution in [0.1, 0.15) is 30.0 Å². The molecule has 1 aliphatic rings. The van der Waals surface area contributed by atoms with Crippen LogP contribution in [-0.4, -0.2) is 18.4 Å². The molecule has 130 valence electrons. The van der Waals surface area contributed by atoms with Gasteiger partial charge in [-0.25, -0.2) is 0 Å². The zero-order chi connectivity index (χ0) is 18.0. The van der Waals surface area contributed by atoms with Gasteiger partial charge in [-0.15, -0.1) is 0 Å². The quantitative estimate of drug-likeness (QED) is 0.629. The van der Waals surface area contributed by atoms with Gasteiger partial charge >= 0.3 is 5.97 Å². The molecule has 1 amide bonds. The number of hydrogen-bond donors (Lipinski definition) is 0. The summed E-state index contributed by atoms with van der Waals surface area (Å²) in [5.74, 6) is -0.261. The van der Waals surface area contributed by atoms with Crippen molar-refractivity contribution in [2.75, 3.05) is 11.4 Å². The molecule has 4 nitrogen and oxygen atoms in total. The molecule has 1 fully saturated rings. The number of benzene rings is 2. The average Bonchev–Trinajstić information content (AvgIpc) is 3.00. The lowest BCUT2D eigenvalue weighted by atomic mass is 10.1. The second kappa shape index (κ2) is 7.09. The molecule has 2 aromatic carbocycles. The lowest BCUT2D eigenvalue weighted by Crippen LogP contribution is -2.28. The molecule has 0 bridgehead atoms. The van der Waals surface area contributed by atoms with E-state index in [1.807, 2.05) is 50.2 Å². The van der Waals surface area contributed by atoms with Crippen LogP contribution in [-0.2, 0) is 16.0 Å². The van der Waals surface area contributed by atoms with Crippen LogP contribution in [0, 0.1) is 19.8 Å². The monoisotopic (exact) mass is 337 g/mol. The largest absolute Gasteiger partial charge is 0.426 e. The maximum Gasteiger partial charge on any atom is 0.316 e. The van der Waals surface area contributed by atoms with E-state index >= 15 is 0 Å². The predicted octanol–water partition coefficient (Wildman–Crippen LogP) is 3.82. The molecule has 2 aromatic rings. The minimum atomic E-state index is -0.431. The van der Waals surface area contributed by atoms with Gasteiger partial charge in [-0.2, -0.15) is 0 Å². The number of carbonyl (C=O) groups is 2. The molecule has 0 aromatic heterocycles. The third-order valence-electron chi connectivity index (χ3n) is 4.82. The lowest BCUT2D eigenvalue weighted by Gasteiger charge is -2.19. The van der Waals surface area contributed by atoms with Crippen LogP contribution >= 0.6 is 0 Å². The Labute approximate surface area is 148 Å². The van der Waals surface area contributed by atoms with Crippen molar-refractivity contribution in [3.8, 4) is 5.75 Å². The normalized spacial score (nSPS) is 17.0. The van der Waals surface area contributed by atoms with Crippen molar-refractivity contribution in [3.05, 3.63) is 59.2 Å². The second-order valence-electron chi connectivity index (χ2n) is 6.55. The molecule has 0 saturated carbocycles. The second-order valence-corrected chi connectivity index (χ2v) is 6.55. The third kappa shape index (κ3) is 3.58. The SMILES string of the molecule is CCc1ccccc1N1C[C@@H](C(=O)Oc2ccc(C)c(C)c2)CC1=O. The van der Waals surface area contributed by atoms with E-state index in [9.17, 15) is 9.59 Å². The van der Waals surface area contributed by atoms with E-state index in [1.165, 1.54) is 0 Å². The van der Waals surface area contributed by atoms with Gasteiger partial charge in [0.15, 0.2) is 0 Å². The fourth-order valence-electron chi connectivity index (χ4n) is 3.15. The maximum atomic E-state index is 12.5. The number of anilines is 1. The summed E-state index contributed by atoms with van der Waals surface area (Å²) in [6, 6.07) is 13.4. The Bertz CT molecular complexity index is 813. The number of rotatable bonds is 4. The van der Waals surface area contributed by atoms with Crippen molar-refractivity contribution in [2.24, 2.45) is 5.92 Å². The molecule has 1 aliphatic heterocycles. The van der Waals surface area contributed by atoms with Crippen LogP contribution in [0.25, 0.3) is 0 Å². The van der Waals surface area contributed by atoms with Crippen LogP contribution < -0.4 is 9.64 Å². The number of nitrogens with zero attached hydrogens (tertiary/aromatic N) is 1. The van der Waals surface area contributed by atoms with E-state index in [4.69, 9.17) is 4.74 Å². The van der Waals surface area contributed by atoms with Gasteiger partial charge in [0.25, 0.3) is 0 Å². The summed E-state index contributed by atoms with van der Waals surface area (Å²) in [6.45, 7) is 6.43. The van der Waals surface area contributed by atoms with Crippen molar-refractivity contribution in [2.45, 2.75) is 33.6 Å². The molecule has 0 aliphatic carbocycles. The molecule has 0 N–H and O–H groups in total. The van der Waals surface area contributed by atoms with Gasteiger partial charge in [0.05, 0.1) is 5.92 Å². The fourth-order valence-corrected chi connectivity index (χ4v) is 3.15. The molecule has 25 heavy (non-hydrogen) atoms. The van der Waals surface area contributed by atoms with Crippen molar-refractivity contribution in [3.63, 3.8) is 0 Å². The summed E-state index contributed by atoms with van der Waals surface area (Å²) >= 11 is 0. The number of aryl methyl sites for hydroxylation is 3. The van der Waals surface area contributed by atoms with E-state index in [0.717, 1.165) is 28.8 Å². The molecule has 1 saturated heterocycles. The Kier molecular flexibility index (Phi) is 4.88. The molecule has 0 radical (unpaired) electrons. The van der Waals surface area contributed by atoms with Gasteiger partial charge in [-0.3, -0.25) is 9.59 Å².